The molecule has 2 saturated heterocycles. The molecule has 2 aromatic carbocycles. The molecule has 2 aromatic rings. The van der Waals surface area contributed by atoms with Gasteiger partial charge in [0.05, 0.1) is 23.8 Å². The molecule has 2 atom stereocenters. The summed E-state index contributed by atoms with van der Waals surface area (Å²) in [5.74, 6) is -2.54. The van der Waals surface area contributed by atoms with Crippen LogP contribution in [0.1, 0.15) is 34.8 Å². The van der Waals surface area contributed by atoms with Gasteiger partial charge in [-0.1, -0.05) is 0 Å². The van der Waals surface area contributed by atoms with Gasteiger partial charge in [-0.25, -0.2) is 8.78 Å². The summed E-state index contributed by atoms with van der Waals surface area (Å²) in [5, 5.41) is 9.09. The molecule has 2 aliphatic rings. The lowest BCUT2D eigenvalue weighted by atomic mass is 9.73. The number of ether oxygens (including phenoxy) is 1. The van der Waals surface area contributed by atoms with E-state index in [0.717, 1.165) is 18.2 Å². The molecule has 2 fully saturated rings. The van der Waals surface area contributed by atoms with Gasteiger partial charge in [-0.2, -0.15) is 18.4 Å². The number of rotatable bonds is 5. The van der Waals surface area contributed by atoms with Crippen LogP contribution in [0.5, 0.6) is 0 Å². The van der Waals surface area contributed by atoms with Gasteiger partial charge in [-0.05, 0) is 55.7 Å². The molecule has 5 nitrogen and oxygen atoms in total. The van der Waals surface area contributed by atoms with E-state index in [1.165, 1.54) is 18.2 Å². The van der Waals surface area contributed by atoms with Crippen LogP contribution in [0.3, 0.4) is 0 Å². The molecule has 0 spiro atoms. The third-order valence-corrected chi connectivity index (χ3v) is 6.91. The number of halogens is 5. The number of nitriles is 1. The maximum Gasteiger partial charge on any atom is 0.417 e. The lowest BCUT2D eigenvalue weighted by Crippen LogP contribution is -2.53. The molecular formula is C25H24F5N3O2. The highest BCUT2D eigenvalue weighted by Gasteiger charge is 2.51. The molecule has 4 rings (SSSR count). The molecule has 1 amide bonds. The topological polar surface area (TPSA) is 56.6 Å². The number of anilines is 1. The Balaban J connectivity index is 1.61. The number of alkyl halides is 3. The number of carbonyl (C=O) groups excluding carboxylic acids is 1. The first-order valence-corrected chi connectivity index (χ1v) is 11.3. The van der Waals surface area contributed by atoms with Gasteiger partial charge in [0.1, 0.15) is 0 Å². The van der Waals surface area contributed by atoms with Gasteiger partial charge in [0.15, 0.2) is 11.6 Å². The van der Waals surface area contributed by atoms with Crippen molar-refractivity contribution >= 4 is 11.6 Å². The third kappa shape index (κ3) is 4.82. The first-order chi connectivity index (χ1) is 16.6. The maximum absolute atomic E-state index is 13.7. The van der Waals surface area contributed by atoms with Crippen molar-refractivity contribution in [3.8, 4) is 6.07 Å². The Hall–Kier alpha value is -3.19. The summed E-state index contributed by atoms with van der Waals surface area (Å²) in [5.41, 5.74) is -1.59. The number of hydrogen-bond acceptors (Lipinski definition) is 4. The number of benzene rings is 2. The monoisotopic (exact) mass is 493 g/mol. The molecule has 2 aliphatic heterocycles. The van der Waals surface area contributed by atoms with Gasteiger partial charge in [0.2, 0.25) is 0 Å². The first-order valence-electron chi connectivity index (χ1n) is 11.3. The number of fused-ring (bicyclic) bond motifs is 1. The van der Waals surface area contributed by atoms with Crippen LogP contribution in [-0.4, -0.2) is 50.2 Å². The summed E-state index contributed by atoms with van der Waals surface area (Å²) in [4.78, 5) is 16.5. The van der Waals surface area contributed by atoms with Gasteiger partial charge >= 0.3 is 6.18 Å². The van der Waals surface area contributed by atoms with Crippen molar-refractivity contribution in [2.24, 2.45) is 11.3 Å². The third-order valence-electron chi connectivity index (χ3n) is 6.91. The standard InChI is InChI=1S/C25H24F5N3O2/c1-2-35-15-24-13-32(23(34)16-4-6-21(26)22(27)9-16)8-7-18(24)12-33(14-24)19-5-3-17(11-31)20(10-19)25(28,29)30/h3-6,9-10,18H,2,7-8,12-15H2,1H3/t18-,24+/m0/s1. The largest absolute Gasteiger partial charge is 0.417 e. The van der Waals surface area contributed by atoms with Crippen molar-refractivity contribution in [2.75, 3.05) is 44.3 Å². The number of nitrogens with zero attached hydrogens (tertiary/aromatic N) is 3. The molecule has 0 aliphatic carbocycles. The molecule has 0 saturated carbocycles. The van der Waals surface area contributed by atoms with Crippen LogP contribution in [0, 0.1) is 34.3 Å². The van der Waals surface area contributed by atoms with E-state index in [-0.39, 0.29) is 18.0 Å². The highest BCUT2D eigenvalue weighted by molar-refractivity contribution is 5.94. The molecule has 0 unspecified atom stereocenters. The number of likely N-dealkylation sites (tertiary alicyclic amines) is 1. The van der Waals surface area contributed by atoms with Crippen LogP contribution < -0.4 is 4.90 Å². The second-order valence-electron chi connectivity index (χ2n) is 9.06. The Morgan fingerprint density at radius 2 is 1.94 bits per heavy atom. The first kappa shape index (κ1) is 24.9. The Morgan fingerprint density at radius 3 is 2.60 bits per heavy atom. The fourth-order valence-electron chi connectivity index (χ4n) is 5.14. The average molecular weight is 493 g/mol. The Kier molecular flexibility index (Phi) is 6.73. The summed E-state index contributed by atoms with van der Waals surface area (Å²) in [6.07, 6.45) is -4.08. The van der Waals surface area contributed by atoms with E-state index in [1.807, 2.05) is 11.8 Å². The molecule has 186 valence electrons. The number of carbonyl (C=O) groups is 1. The van der Waals surface area contributed by atoms with E-state index in [1.54, 1.807) is 11.0 Å². The van der Waals surface area contributed by atoms with Crippen molar-refractivity contribution < 1.29 is 31.5 Å². The summed E-state index contributed by atoms with van der Waals surface area (Å²) in [7, 11) is 0. The molecule has 0 aromatic heterocycles. The number of hydrogen-bond donors (Lipinski definition) is 0. The smallest absolute Gasteiger partial charge is 0.381 e. The van der Waals surface area contributed by atoms with Gasteiger partial charge in [0, 0.05) is 49.5 Å². The van der Waals surface area contributed by atoms with Crippen molar-refractivity contribution in [2.45, 2.75) is 19.5 Å². The molecule has 0 radical (unpaired) electrons. The van der Waals surface area contributed by atoms with Crippen LogP contribution in [0.15, 0.2) is 36.4 Å². The summed E-state index contributed by atoms with van der Waals surface area (Å²) >= 11 is 0. The highest BCUT2D eigenvalue weighted by Crippen LogP contribution is 2.45. The van der Waals surface area contributed by atoms with E-state index >= 15 is 0 Å². The van der Waals surface area contributed by atoms with Crippen LogP contribution in [0.4, 0.5) is 27.6 Å². The highest BCUT2D eigenvalue weighted by atomic mass is 19.4. The Labute approximate surface area is 199 Å². The molecule has 0 N–H and O–H groups in total. The number of piperidine rings is 1. The Morgan fingerprint density at radius 1 is 1.17 bits per heavy atom. The van der Waals surface area contributed by atoms with Crippen LogP contribution in [0.25, 0.3) is 0 Å². The van der Waals surface area contributed by atoms with Crippen molar-refractivity contribution in [1.29, 1.82) is 5.26 Å². The normalized spacial score (nSPS) is 22.1. The van der Waals surface area contributed by atoms with Crippen LogP contribution in [0.2, 0.25) is 0 Å². The van der Waals surface area contributed by atoms with Crippen LogP contribution >= 0.6 is 0 Å². The Bertz CT molecular complexity index is 1160. The summed E-state index contributed by atoms with van der Waals surface area (Å²) < 4.78 is 73.3. The predicted molar refractivity (Wildman–Crippen MR) is 118 cm³/mol. The predicted octanol–water partition coefficient (Wildman–Crippen LogP) is 4.86. The van der Waals surface area contributed by atoms with E-state index in [4.69, 9.17) is 10.00 Å². The zero-order valence-electron chi connectivity index (χ0n) is 19.0. The SMILES string of the molecule is CCOC[C@]12CN(C(=O)c3ccc(F)c(F)c3)CC[C@H]1CN(c1ccc(C#N)c(C(F)(F)F)c1)C2. The minimum atomic E-state index is -4.66. The molecule has 2 heterocycles. The lowest BCUT2D eigenvalue weighted by molar-refractivity contribution is -0.137. The molecule has 0 bridgehead atoms. The van der Waals surface area contributed by atoms with E-state index in [2.05, 4.69) is 0 Å². The van der Waals surface area contributed by atoms with Gasteiger partial charge < -0.3 is 14.5 Å². The summed E-state index contributed by atoms with van der Waals surface area (Å²) in [6, 6.07) is 8.28. The molecule has 10 heteroatoms. The zero-order chi connectivity index (χ0) is 25.4. The minimum absolute atomic E-state index is 0.0330. The average Bonchev–Trinajstić information content (AvgIpc) is 3.22. The quantitative estimate of drug-likeness (QED) is 0.559. The second kappa shape index (κ2) is 9.46. The maximum atomic E-state index is 13.7. The fourth-order valence-corrected chi connectivity index (χ4v) is 5.14. The number of amides is 1. The van der Waals surface area contributed by atoms with Crippen molar-refractivity contribution in [3.63, 3.8) is 0 Å². The van der Waals surface area contributed by atoms with Crippen molar-refractivity contribution in [3.05, 3.63) is 64.7 Å². The van der Waals surface area contributed by atoms with Crippen molar-refractivity contribution in [1.82, 2.24) is 4.90 Å². The zero-order valence-corrected chi connectivity index (χ0v) is 19.0. The van der Waals surface area contributed by atoms with Gasteiger partial charge in [0.25, 0.3) is 5.91 Å². The lowest BCUT2D eigenvalue weighted by Gasteiger charge is -2.43. The summed E-state index contributed by atoms with van der Waals surface area (Å²) in [6.45, 7) is 4.04. The van der Waals surface area contributed by atoms with Crippen LogP contribution in [-0.2, 0) is 10.9 Å². The minimum Gasteiger partial charge on any atom is -0.381 e. The molecule has 35 heavy (non-hydrogen) atoms. The van der Waals surface area contributed by atoms with E-state index in [9.17, 15) is 26.7 Å². The van der Waals surface area contributed by atoms with Gasteiger partial charge in [-0.15, -0.1) is 0 Å². The van der Waals surface area contributed by atoms with E-state index in [0.29, 0.717) is 45.0 Å². The van der Waals surface area contributed by atoms with E-state index < -0.39 is 40.3 Å². The fraction of sp³-hybridized carbons (Fsp3) is 0.440. The second-order valence-corrected chi connectivity index (χ2v) is 9.06. The molecular weight excluding hydrogens is 469 g/mol. The van der Waals surface area contributed by atoms with Gasteiger partial charge in [-0.3, -0.25) is 4.79 Å².